The summed E-state index contributed by atoms with van der Waals surface area (Å²) in [5.74, 6) is 0. The molecule has 5 nitrogen and oxygen atoms in total. The number of likely N-dealkylation sites (tertiary alicyclic amines) is 2. The second kappa shape index (κ2) is 7.39. The lowest BCUT2D eigenvalue weighted by molar-refractivity contribution is -0.130. The van der Waals surface area contributed by atoms with Gasteiger partial charge in [0.1, 0.15) is 0 Å². The van der Waals surface area contributed by atoms with Crippen LogP contribution in [0.1, 0.15) is 58.8 Å². The highest BCUT2D eigenvalue weighted by atomic mass is 16.5. The van der Waals surface area contributed by atoms with Gasteiger partial charge in [0.15, 0.2) is 0 Å². The number of carbonyl (C=O) groups excluding carboxylic acids is 1. The summed E-state index contributed by atoms with van der Waals surface area (Å²) in [7, 11) is 0. The average Bonchev–Trinajstić information content (AvgIpc) is 2.56. The van der Waals surface area contributed by atoms with Gasteiger partial charge in [-0.3, -0.25) is 0 Å². The summed E-state index contributed by atoms with van der Waals surface area (Å²) in [6.07, 6.45) is 8.42. The number of hydrogen-bond acceptors (Lipinski definition) is 3. The molecule has 5 heteroatoms. The maximum absolute atomic E-state index is 12.2. The van der Waals surface area contributed by atoms with Crippen molar-refractivity contribution in [3.63, 3.8) is 0 Å². The van der Waals surface area contributed by atoms with Crippen LogP contribution in [-0.2, 0) is 4.74 Å². The van der Waals surface area contributed by atoms with Gasteiger partial charge in [0.25, 0.3) is 0 Å². The molecule has 0 aromatic heterocycles. The predicted molar refractivity (Wildman–Crippen MR) is 91.6 cm³/mol. The molecule has 132 valence electrons. The lowest BCUT2D eigenvalue weighted by Crippen LogP contribution is -2.56. The van der Waals surface area contributed by atoms with E-state index in [1.807, 2.05) is 18.7 Å². The zero-order chi connectivity index (χ0) is 16.3. The Hall–Kier alpha value is -0.810. The minimum Gasteiger partial charge on any atom is -0.375 e. The third kappa shape index (κ3) is 4.18. The summed E-state index contributed by atoms with van der Waals surface area (Å²) in [6, 6.07) is 0.978. The molecule has 3 saturated heterocycles. The maximum Gasteiger partial charge on any atom is 0.317 e. The molecule has 1 spiro atoms. The first-order valence-corrected chi connectivity index (χ1v) is 9.51. The van der Waals surface area contributed by atoms with Crippen molar-refractivity contribution in [2.45, 2.75) is 76.5 Å². The molecule has 0 radical (unpaired) electrons. The van der Waals surface area contributed by atoms with Gasteiger partial charge in [-0.25, -0.2) is 4.79 Å². The van der Waals surface area contributed by atoms with Gasteiger partial charge in [-0.05, 0) is 65.5 Å². The molecule has 23 heavy (non-hydrogen) atoms. The van der Waals surface area contributed by atoms with Crippen LogP contribution in [0.2, 0.25) is 0 Å². The second-order valence-corrected chi connectivity index (χ2v) is 7.87. The van der Waals surface area contributed by atoms with Crippen LogP contribution in [-0.4, -0.2) is 66.3 Å². The number of nitrogens with one attached hydrogen (secondary N) is 1. The molecule has 0 aliphatic carbocycles. The summed E-state index contributed by atoms with van der Waals surface area (Å²) in [5.41, 5.74) is 0.0228. The van der Waals surface area contributed by atoms with Crippen molar-refractivity contribution in [1.82, 2.24) is 15.1 Å². The zero-order valence-corrected chi connectivity index (χ0v) is 14.9. The van der Waals surface area contributed by atoms with Crippen molar-refractivity contribution in [2.24, 2.45) is 0 Å². The first kappa shape index (κ1) is 17.0. The van der Waals surface area contributed by atoms with Crippen LogP contribution >= 0.6 is 0 Å². The van der Waals surface area contributed by atoms with Crippen molar-refractivity contribution in [3.8, 4) is 0 Å². The summed E-state index contributed by atoms with van der Waals surface area (Å²) in [4.78, 5) is 16.8. The first-order valence-electron chi connectivity index (χ1n) is 9.51. The molecule has 3 rings (SSSR count). The highest BCUT2D eigenvalue weighted by Crippen LogP contribution is 2.37. The maximum atomic E-state index is 12.2. The number of piperidine rings is 2. The van der Waals surface area contributed by atoms with Crippen molar-refractivity contribution < 1.29 is 9.53 Å². The smallest absolute Gasteiger partial charge is 0.317 e. The summed E-state index contributed by atoms with van der Waals surface area (Å²) in [6.45, 7) is 9.09. The molecular formula is C18H33N3O2. The highest BCUT2D eigenvalue weighted by Gasteiger charge is 2.42. The van der Waals surface area contributed by atoms with E-state index in [9.17, 15) is 4.79 Å². The van der Waals surface area contributed by atoms with Crippen LogP contribution in [0.5, 0.6) is 0 Å². The number of rotatable bonds is 2. The number of ether oxygens (including phenoxy) is 1. The minimum absolute atomic E-state index is 0.0228. The Balaban J connectivity index is 1.53. The molecule has 3 aliphatic rings. The second-order valence-electron chi connectivity index (χ2n) is 7.87. The Morgan fingerprint density at radius 1 is 1.13 bits per heavy atom. The number of carbonyl (C=O) groups is 1. The Kier molecular flexibility index (Phi) is 5.47. The summed E-state index contributed by atoms with van der Waals surface area (Å²) in [5, 5.41) is 3.00. The topological polar surface area (TPSA) is 44.8 Å². The van der Waals surface area contributed by atoms with Crippen LogP contribution in [0.15, 0.2) is 0 Å². The minimum atomic E-state index is 0.0228. The molecule has 1 atom stereocenters. The molecule has 2 amide bonds. The van der Waals surface area contributed by atoms with Crippen LogP contribution in [0.4, 0.5) is 4.79 Å². The molecule has 0 aromatic carbocycles. The van der Waals surface area contributed by atoms with Crippen molar-refractivity contribution >= 4 is 6.03 Å². The van der Waals surface area contributed by atoms with E-state index < -0.39 is 0 Å². The third-order valence-electron chi connectivity index (χ3n) is 5.75. The summed E-state index contributed by atoms with van der Waals surface area (Å²) < 4.78 is 6.25. The average molecular weight is 323 g/mol. The number of urea groups is 1. The largest absolute Gasteiger partial charge is 0.375 e. The fourth-order valence-electron chi connectivity index (χ4n) is 4.40. The van der Waals surface area contributed by atoms with Crippen LogP contribution < -0.4 is 5.32 Å². The van der Waals surface area contributed by atoms with E-state index >= 15 is 0 Å². The van der Waals surface area contributed by atoms with Gasteiger partial charge in [-0.1, -0.05) is 6.42 Å². The zero-order valence-electron chi connectivity index (χ0n) is 14.9. The first-order chi connectivity index (χ1) is 11.1. The van der Waals surface area contributed by atoms with E-state index in [4.69, 9.17) is 4.74 Å². The van der Waals surface area contributed by atoms with Crippen LogP contribution in [0, 0.1) is 0 Å². The van der Waals surface area contributed by atoms with Crippen molar-refractivity contribution in [2.75, 3.05) is 32.8 Å². The predicted octanol–water partition coefficient (Wildman–Crippen LogP) is 2.60. The van der Waals surface area contributed by atoms with Crippen molar-refractivity contribution in [3.05, 3.63) is 0 Å². The van der Waals surface area contributed by atoms with Crippen molar-refractivity contribution in [1.29, 1.82) is 0 Å². The lowest BCUT2D eigenvalue weighted by atomic mass is 9.81. The van der Waals surface area contributed by atoms with Gasteiger partial charge in [0.05, 0.1) is 5.60 Å². The third-order valence-corrected chi connectivity index (χ3v) is 5.75. The molecule has 0 aromatic rings. The van der Waals surface area contributed by atoms with Gasteiger partial charge < -0.3 is 19.9 Å². The van der Waals surface area contributed by atoms with Gasteiger partial charge in [0, 0.05) is 31.8 Å². The van der Waals surface area contributed by atoms with Gasteiger partial charge in [0.2, 0.25) is 0 Å². The number of amides is 2. The monoisotopic (exact) mass is 323 g/mol. The van der Waals surface area contributed by atoms with E-state index in [0.717, 1.165) is 39.0 Å². The van der Waals surface area contributed by atoms with Crippen LogP contribution in [0.25, 0.3) is 0 Å². The molecule has 3 fully saturated rings. The Bertz CT molecular complexity index is 399. The Morgan fingerprint density at radius 2 is 1.83 bits per heavy atom. The van der Waals surface area contributed by atoms with E-state index in [1.54, 1.807) is 0 Å². The Morgan fingerprint density at radius 3 is 2.48 bits per heavy atom. The highest BCUT2D eigenvalue weighted by molar-refractivity contribution is 5.74. The number of nitrogens with zero attached hydrogens (tertiary/aromatic N) is 2. The van der Waals surface area contributed by atoms with Gasteiger partial charge in [-0.15, -0.1) is 0 Å². The van der Waals surface area contributed by atoms with E-state index in [0.29, 0.717) is 6.04 Å². The summed E-state index contributed by atoms with van der Waals surface area (Å²) >= 11 is 0. The lowest BCUT2D eigenvalue weighted by Gasteiger charge is -2.49. The quantitative estimate of drug-likeness (QED) is 0.849. The van der Waals surface area contributed by atoms with Gasteiger partial charge in [-0.2, -0.15) is 0 Å². The normalized spacial score (nSPS) is 29.0. The van der Waals surface area contributed by atoms with E-state index in [2.05, 4.69) is 10.2 Å². The van der Waals surface area contributed by atoms with E-state index in [-0.39, 0.29) is 17.7 Å². The molecule has 3 heterocycles. The molecule has 1 unspecified atom stereocenters. The standard InChI is InChI=1S/C18H33N3O2/c1-15(2)19-17(22)21-11-7-18(8-12-21)14-16(6-13-23-18)20-9-4-3-5-10-20/h15-16H,3-14H2,1-2H3,(H,19,22). The van der Waals surface area contributed by atoms with Gasteiger partial charge >= 0.3 is 6.03 Å². The fraction of sp³-hybridized carbons (Fsp3) is 0.944. The molecule has 3 aliphatic heterocycles. The molecule has 1 N–H and O–H groups in total. The molecule has 0 bridgehead atoms. The molecular weight excluding hydrogens is 290 g/mol. The fourth-order valence-corrected chi connectivity index (χ4v) is 4.40. The number of hydrogen-bond donors (Lipinski definition) is 1. The van der Waals surface area contributed by atoms with Crippen LogP contribution in [0.3, 0.4) is 0 Å². The Labute approximate surface area is 140 Å². The molecule has 0 saturated carbocycles. The SMILES string of the molecule is CC(C)NC(=O)N1CCC2(CC1)CC(N1CCCCC1)CCO2. The van der Waals surface area contributed by atoms with E-state index in [1.165, 1.54) is 38.8 Å².